The van der Waals surface area contributed by atoms with E-state index in [4.69, 9.17) is 16.2 Å². The Morgan fingerprint density at radius 1 is 0.897 bits per heavy atom. The van der Waals surface area contributed by atoms with Gasteiger partial charge in [-0.3, -0.25) is 14.3 Å². The Labute approximate surface area is 166 Å². The maximum Gasteiger partial charge on any atom is 0.261 e. The summed E-state index contributed by atoms with van der Waals surface area (Å²) < 4.78 is 32.8. The zero-order chi connectivity index (χ0) is 21.0. The van der Waals surface area contributed by atoms with Crippen LogP contribution < -0.4 is 20.9 Å². The number of ether oxygens (including phenoxy) is 1. The maximum absolute atomic E-state index is 12.4. The molecule has 0 aliphatic heterocycles. The number of nitrogens with one attached hydrogen (secondary N) is 1. The van der Waals surface area contributed by atoms with Crippen LogP contribution >= 0.6 is 0 Å². The Hall–Kier alpha value is -3.92. The minimum Gasteiger partial charge on any atom is -0.439 e. The van der Waals surface area contributed by atoms with Crippen molar-refractivity contribution in [2.75, 3.05) is 4.72 Å². The first-order valence-corrected chi connectivity index (χ1v) is 9.69. The molecule has 0 fully saturated rings. The first kappa shape index (κ1) is 19.8. The number of pyridine rings is 1. The van der Waals surface area contributed by atoms with Crippen LogP contribution in [-0.4, -0.2) is 25.2 Å². The van der Waals surface area contributed by atoms with Gasteiger partial charge in [0.05, 0.1) is 16.8 Å². The Morgan fingerprint density at radius 2 is 1.59 bits per heavy atom. The molecule has 148 valence electrons. The molecule has 0 aliphatic rings. The van der Waals surface area contributed by atoms with Crippen molar-refractivity contribution in [1.29, 1.82) is 0 Å². The highest BCUT2D eigenvalue weighted by Gasteiger charge is 2.15. The number of benzene rings is 2. The molecule has 0 radical (unpaired) electrons. The van der Waals surface area contributed by atoms with Crippen LogP contribution in [0.15, 0.2) is 71.8 Å². The summed E-state index contributed by atoms with van der Waals surface area (Å²) in [6, 6.07) is 14.4. The van der Waals surface area contributed by atoms with Crippen molar-refractivity contribution < 1.29 is 22.7 Å². The Morgan fingerprint density at radius 3 is 2.17 bits per heavy atom. The minimum atomic E-state index is -3.88. The smallest absolute Gasteiger partial charge is 0.261 e. The molecule has 0 unspecified atom stereocenters. The minimum absolute atomic E-state index is 0.0360. The van der Waals surface area contributed by atoms with Gasteiger partial charge in [0.25, 0.3) is 10.0 Å². The predicted molar refractivity (Wildman–Crippen MR) is 105 cm³/mol. The molecule has 1 heterocycles. The van der Waals surface area contributed by atoms with Gasteiger partial charge in [0, 0.05) is 17.2 Å². The predicted octanol–water partition coefficient (Wildman–Crippen LogP) is 1.87. The lowest BCUT2D eigenvalue weighted by Crippen LogP contribution is -2.14. The van der Waals surface area contributed by atoms with Crippen LogP contribution in [0.5, 0.6) is 11.6 Å². The van der Waals surface area contributed by atoms with E-state index in [9.17, 15) is 18.0 Å². The van der Waals surface area contributed by atoms with Crippen LogP contribution in [0.4, 0.5) is 5.69 Å². The molecule has 10 heteroatoms. The lowest BCUT2D eigenvalue weighted by molar-refractivity contribution is 0.0991. The summed E-state index contributed by atoms with van der Waals surface area (Å²) in [5, 5.41) is 0. The van der Waals surface area contributed by atoms with Crippen molar-refractivity contribution in [2.24, 2.45) is 11.5 Å². The molecule has 5 N–H and O–H groups in total. The molecule has 1 aromatic heterocycles. The number of hydrogen-bond acceptors (Lipinski definition) is 6. The molecule has 0 spiro atoms. The molecule has 3 aromatic rings. The van der Waals surface area contributed by atoms with E-state index in [-0.39, 0.29) is 27.6 Å². The highest BCUT2D eigenvalue weighted by Crippen LogP contribution is 2.22. The van der Waals surface area contributed by atoms with Gasteiger partial charge in [-0.05, 0) is 48.5 Å². The van der Waals surface area contributed by atoms with E-state index >= 15 is 0 Å². The van der Waals surface area contributed by atoms with Crippen molar-refractivity contribution in [1.82, 2.24) is 4.98 Å². The maximum atomic E-state index is 12.4. The highest BCUT2D eigenvalue weighted by atomic mass is 32.2. The number of hydrogen-bond donors (Lipinski definition) is 3. The quantitative estimate of drug-likeness (QED) is 0.538. The summed E-state index contributed by atoms with van der Waals surface area (Å²) in [5.41, 5.74) is 11.1. The van der Waals surface area contributed by atoms with E-state index in [0.717, 1.165) is 0 Å². The van der Waals surface area contributed by atoms with E-state index < -0.39 is 21.8 Å². The molecule has 2 amide bonds. The summed E-state index contributed by atoms with van der Waals surface area (Å²) in [5.74, 6) is -0.683. The lowest BCUT2D eigenvalue weighted by Gasteiger charge is -2.09. The van der Waals surface area contributed by atoms with E-state index in [2.05, 4.69) is 9.71 Å². The van der Waals surface area contributed by atoms with Crippen LogP contribution in [0.2, 0.25) is 0 Å². The monoisotopic (exact) mass is 412 g/mol. The van der Waals surface area contributed by atoms with Gasteiger partial charge in [0.2, 0.25) is 17.7 Å². The molecular formula is C19H16N4O5S. The topological polar surface area (TPSA) is 154 Å². The van der Waals surface area contributed by atoms with Crippen molar-refractivity contribution in [3.8, 4) is 11.6 Å². The van der Waals surface area contributed by atoms with E-state index in [1.165, 1.54) is 48.7 Å². The average molecular weight is 412 g/mol. The molecule has 0 aliphatic carbocycles. The molecule has 2 aromatic carbocycles. The number of carbonyl (C=O) groups is 2. The molecule has 29 heavy (non-hydrogen) atoms. The number of nitrogens with zero attached hydrogens (tertiary/aromatic N) is 1. The number of primary amides is 2. The molecule has 3 rings (SSSR count). The second kappa shape index (κ2) is 7.98. The van der Waals surface area contributed by atoms with Gasteiger partial charge in [-0.2, -0.15) is 0 Å². The Balaban J connectivity index is 1.72. The average Bonchev–Trinajstić information content (AvgIpc) is 2.69. The van der Waals surface area contributed by atoms with Crippen LogP contribution in [0.25, 0.3) is 0 Å². The SMILES string of the molecule is NC(=O)c1ccc(S(=O)(=O)Nc2ccc(Oc3cccc(C(N)=O)c3)nc2)cc1. The number of aromatic nitrogens is 1. The second-order valence-corrected chi connectivity index (χ2v) is 7.56. The standard InChI is InChI=1S/C19H16N4O5S/c20-18(24)12-4-7-16(8-5-12)29(26,27)23-14-6-9-17(22-11-14)28-15-3-1-2-13(10-15)19(21)25/h1-11,23H,(H2,20,24)(H2,21,25). The van der Waals surface area contributed by atoms with Gasteiger partial charge in [0.15, 0.2) is 0 Å². The summed E-state index contributed by atoms with van der Waals surface area (Å²) >= 11 is 0. The fourth-order valence-electron chi connectivity index (χ4n) is 2.35. The van der Waals surface area contributed by atoms with Crippen molar-refractivity contribution in [2.45, 2.75) is 4.90 Å². The van der Waals surface area contributed by atoms with Gasteiger partial charge in [-0.1, -0.05) is 6.07 Å². The summed E-state index contributed by atoms with van der Waals surface area (Å²) in [6.45, 7) is 0. The van der Waals surface area contributed by atoms with Crippen molar-refractivity contribution in [3.05, 3.63) is 78.0 Å². The van der Waals surface area contributed by atoms with Gasteiger partial charge in [-0.25, -0.2) is 13.4 Å². The number of nitrogens with two attached hydrogens (primary N) is 2. The summed E-state index contributed by atoms with van der Waals surface area (Å²) in [7, 11) is -3.88. The number of sulfonamides is 1. The van der Waals surface area contributed by atoms with Crippen molar-refractivity contribution in [3.63, 3.8) is 0 Å². The first-order chi connectivity index (χ1) is 13.7. The number of amides is 2. The first-order valence-electron chi connectivity index (χ1n) is 8.21. The van der Waals surface area contributed by atoms with Gasteiger partial charge in [0.1, 0.15) is 5.75 Å². The van der Waals surface area contributed by atoms with Gasteiger partial charge >= 0.3 is 0 Å². The molecule has 0 saturated heterocycles. The number of anilines is 1. The largest absolute Gasteiger partial charge is 0.439 e. The molecule has 0 saturated carbocycles. The third-order valence-corrected chi connectivity index (χ3v) is 5.18. The number of rotatable bonds is 7. The highest BCUT2D eigenvalue weighted by molar-refractivity contribution is 7.92. The molecule has 9 nitrogen and oxygen atoms in total. The molecule has 0 atom stereocenters. The Bertz CT molecular complexity index is 1160. The second-order valence-electron chi connectivity index (χ2n) is 5.87. The zero-order valence-corrected chi connectivity index (χ0v) is 15.7. The third-order valence-electron chi connectivity index (χ3n) is 3.78. The van der Waals surface area contributed by atoms with Crippen LogP contribution in [0.3, 0.4) is 0 Å². The zero-order valence-electron chi connectivity index (χ0n) is 14.9. The fraction of sp³-hybridized carbons (Fsp3) is 0. The van der Waals surface area contributed by atoms with Gasteiger partial charge in [-0.15, -0.1) is 0 Å². The van der Waals surface area contributed by atoms with E-state index in [0.29, 0.717) is 5.75 Å². The van der Waals surface area contributed by atoms with Crippen molar-refractivity contribution >= 4 is 27.5 Å². The van der Waals surface area contributed by atoms with Crippen LogP contribution in [0, 0.1) is 0 Å². The third kappa shape index (κ3) is 4.87. The fourth-order valence-corrected chi connectivity index (χ4v) is 3.39. The summed E-state index contributed by atoms with van der Waals surface area (Å²) in [6.07, 6.45) is 1.28. The molecule has 0 bridgehead atoms. The van der Waals surface area contributed by atoms with Gasteiger partial charge < -0.3 is 16.2 Å². The van der Waals surface area contributed by atoms with Crippen LogP contribution in [0.1, 0.15) is 20.7 Å². The van der Waals surface area contributed by atoms with E-state index in [1.54, 1.807) is 18.2 Å². The normalized spacial score (nSPS) is 10.9. The number of carbonyl (C=O) groups excluding carboxylic acids is 2. The van der Waals surface area contributed by atoms with Crippen LogP contribution in [-0.2, 0) is 10.0 Å². The van der Waals surface area contributed by atoms with E-state index in [1.807, 2.05) is 0 Å². The lowest BCUT2D eigenvalue weighted by atomic mass is 10.2. The summed E-state index contributed by atoms with van der Waals surface area (Å²) in [4.78, 5) is 26.3. The molecular weight excluding hydrogens is 396 g/mol. The Kier molecular flexibility index (Phi) is 5.46.